The highest BCUT2D eigenvalue weighted by molar-refractivity contribution is 7.99. The Balaban J connectivity index is 1.97. The summed E-state index contributed by atoms with van der Waals surface area (Å²) in [6.07, 6.45) is 0. The van der Waals surface area contributed by atoms with E-state index in [4.69, 9.17) is 11.6 Å². The van der Waals surface area contributed by atoms with Gasteiger partial charge in [-0.1, -0.05) is 35.5 Å². The fraction of sp³-hybridized carbons (Fsp3) is 0. The van der Waals surface area contributed by atoms with Crippen LogP contribution in [0.5, 0.6) is 0 Å². The van der Waals surface area contributed by atoms with Crippen molar-refractivity contribution in [2.24, 2.45) is 0 Å². The zero-order valence-corrected chi connectivity index (χ0v) is 10.1. The van der Waals surface area contributed by atoms with Crippen LogP contribution in [0.2, 0.25) is 5.02 Å². The minimum Gasteiger partial charge on any atom is -0.140 e. The van der Waals surface area contributed by atoms with Crippen LogP contribution in [0.15, 0.2) is 46.3 Å². The quantitative estimate of drug-likeness (QED) is 0.710. The third-order valence-electron chi connectivity index (χ3n) is 2.10. The normalized spacial score (nSPS) is 10.9. The second-order valence-corrected chi connectivity index (χ2v) is 4.70. The highest BCUT2D eigenvalue weighted by Gasteiger charge is 2.05. The molecule has 0 aliphatic carbocycles. The lowest BCUT2D eigenvalue weighted by atomic mass is 10.4. The van der Waals surface area contributed by atoms with Gasteiger partial charge in [0.1, 0.15) is 5.03 Å². The molecule has 5 nitrogen and oxygen atoms in total. The third-order valence-corrected chi connectivity index (χ3v) is 3.54. The van der Waals surface area contributed by atoms with E-state index in [1.807, 2.05) is 36.4 Å². The molecule has 0 unspecified atom stereocenters. The van der Waals surface area contributed by atoms with Crippen LogP contribution in [-0.4, -0.2) is 25.3 Å². The number of rotatable bonds is 2. The minimum absolute atomic E-state index is 0.619. The highest BCUT2D eigenvalue weighted by Crippen LogP contribution is 2.31. The molecule has 0 saturated carbocycles. The van der Waals surface area contributed by atoms with Gasteiger partial charge in [-0.05, 0) is 34.7 Å². The van der Waals surface area contributed by atoms with Crippen molar-refractivity contribution in [3.8, 4) is 0 Å². The first kappa shape index (κ1) is 10.5. The third kappa shape index (κ3) is 2.09. The summed E-state index contributed by atoms with van der Waals surface area (Å²) in [6.45, 7) is 0. The largest absolute Gasteiger partial charge is 0.200 e. The summed E-state index contributed by atoms with van der Waals surface area (Å²) in [7, 11) is 0. The first-order valence-corrected chi connectivity index (χ1v) is 6.00. The second kappa shape index (κ2) is 4.31. The van der Waals surface area contributed by atoms with E-state index in [9.17, 15) is 0 Å². The van der Waals surface area contributed by atoms with Gasteiger partial charge in [-0.25, -0.2) is 0 Å². The van der Waals surface area contributed by atoms with Crippen molar-refractivity contribution in [3.63, 3.8) is 0 Å². The van der Waals surface area contributed by atoms with Crippen LogP contribution >= 0.6 is 23.4 Å². The summed E-state index contributed by atoms with van der Waals surface area (Å²) in [5.74, 6) is 0. The average molecular weight is 264 g/mol. The molecule has 0 atom stereocenters. The van der Waals surface area contributed by atoms with Crippen LogP contribution in [0.1, 0.15) is 0 Å². The Bertz CT molecular complexity index is 668. The molecule has 0 amide bonds. The maximum absolute atomic E-state index is 6.08. The Morgan fingerprint density at radius 3 is 2.88 bits per heavy atom. The molecule has 17 heavy (non-hydrogen) atoms. The Labute approximate surface area is 106 Å². The van der Waals surface area contributed by atoms with Crippen molar-refractivity contribution < 1.29 is 0 Å². The summed E-state index contributed by atoms with van der Waals surface area (Å²) < 4.78 is 1.39. The van der Waals surface area contributed by atoms with Crippen molar-refractivity contribution in [1.29, 1.82) is 0 Å². The monoisotopic (exact) mass is 263 g/mol. The molecule has 0 bridgehead atoms. The molecule has 0 saturated heterocycles. The predicted molar refractivity (Wildman–Crippen MR) is 64.2 cm³/mol. The number of halogens is 1. The summed E-state index contributed by atoms with van der Waals surface area (Å²) >= 11 is 7.55. The van der Waals surface area contributed by atoms with Gasteiger partial charge < -0.3 is 0 Å². The van der Waals surface area contributed by atoms with Crippen molar-refractivity contribution in [3.05, 3.63) is 41.4 Å². The summed E-state index contributed by atoms with van der Waals surface area (Å²) in [5, 5.41) is 16.8. The van der Waals surface area contributed by atoms with Gasteiger partial charge >= 0.3 is 0 Å². The van der Waals surface area contributed by atoms with Crippen LogP contribution in [-0.2, 0) is 0 Å². The van der Waals surface area contributed by atoms with Crippen LogP contribution < -0.4 is 0 Å². The molecule has 84 valence electrons. The van der Waals surface area contributed by atoms with Gasteiger partial charge in [-0.15, -0.1) is 14.8 Å². The van der Waals surface area contributed by atoms with E-state index in [1.54, 1.807) is 0 Å². The van der Waals surface area contributed by atoms with Gasteiger partial charge in [0, 0.05) is 4.90 Å². The number of fused-ring (bicyclic) bond motifs is 1. The summed E-state index contributed by atoms with van der Waals surface area (Å²) in [4.78, 5) is 0.953. The first-order valence-electron chi connectivity index (χ1n) is 4.81. The smallest absolute Gasteiger partial charge is 0.140 e. The Morgan fingerprint density at radius 1 is 1.12 bits per heavy atom. The summed E-state index contributed by atoms with van der Waals surface area (Å²) in [6, 6.07) is 11.3. The molecule has 0 aliphatic heterocycles. The standard InChI is InChI=1S/C10H6ClN5S/c11-7-3-1-2-4-8(7)17-10-6-5-9-12-14-15-16(9)13-10/h1-6H. The lowest BCUT2D eigenvalue weighted by molar-refractivity contribution is 0.702. The van der Waals surface area contributed by atoms with Crippen LogP contribution in [0.4, 0.5) is 0 Å². The Hall–Kier alpha value is -1.66. The molecule has 2 aromatic heterocycles. The van der Waals surface area contributed by atoms with Gasteiger partial charge in [0.15, 0.2) is 5.65 Å². The number of hydrogen-bond acceptors (Lipinski definition) is 5. The number of benzene rings is 1. The van der Waals surface area contributed by atoms with E-state index in [-0.39, 0.29) is 0 Å². The number of aromatic nitrogens is 5. The van der Waals surface area contributed by atoms with Crippen LogP contribution in [0.3, 0.4) is 0 Å². The van der Waals surface area contributed by atoms with Crippen LogP contribution in [0, 0.1) is 0 Å². The van der Waals surface area contributed by atoms with Gasteiger partial charge in [0.25, 0.3) is 0 Å². The SMILES string of the molecule is Clc1ccccc1Sc1ccc2nnnn2n1. The van der Waals surface area contributed by atoms with Crippen LogP contribution in [0.25, 0.3) is 5.65 Å². The zero-order valence-electron chi connectivity index (χ0n) is 8.49. The number of hydrogen-bond donors (Lipinski definition) is 0. The molecular formula is C10H6ClN5S. The molecule has 3 rings (SSSR count). The van der Waals surface area contributed by atoms with Crippen molar-refractivity contribution in [2.75, 3.05) is 0 Å². The van der Waals surface area contributed by atoms with E-state index < -0.39 is 0 Å². The predicted octanol–water partition coefficient (Wildman–Crippen LogP) is 2.32. The topological polar surface area (TPSA) is 56.0 Å². The van der Waals surface area contributed by atoms with Gasteiger partial charge in [0.05, 0.1) is 5.02 Å². The first-order chi connectivity index (χ1) is 8.33. The van der Waals surface area contributed by atoms with Crippen molar-refractivity contribution in [1.82, 2.24) is 25.3 Å². The molecule has 0 fully saturated rings. The van der Waals surface area contributed by atoms with Gasteiger partial charge in [-0.3, -0.25) is 0 Å². The fourth-order valence-corrected chi connectivity index (χ4v) is 2.37. The zero-order chi connectivity index (χ0) is 11.7. The Morgan fingerprint density at radius 2 is 2.00 bits per heavy atom. The minimum atomic E-state index is 0.619. The average Bonchev–Trinajstić information content (AvgIpc) is 2.79. The highest BCUT2D eigenvalue weighted by atomic mass is 35.5. The molecule has 0 N–H and O–H groups in total. The number of nitrogens with zero attached hydrogens (tertiary/aromatic N) is 5. The van der Waals surface area contributed by atoms with E-state index in [1.165, 1.54) is 16.4 Å². The Kier molecular flexibility index (Phi) is 2.66. The molecule has 0 radical (unpaired) electrons. The van der Waals surface area contributed by atoms with Crippen molar-refractivity contribution >= 4 is 29.0 Å². The lowest BCUT2D eigenvalue weighted by Gasteiger charge is -2.02. The van der Waals surface area contributed by atoms with Gasteiger partial charge in [-0.2, -0.15) is 0 Å². The fourth-order valence-electron chi connectivity index (χ4n) is 1.33. The molecule has 0 aliphatic rings. The molecule has 3 aromatic rings. The van der Waals surface area contributed by atoms with E-state index >= 15 is 0 Å². The maximum Gasteiger partial charge on any atom is 0.200 e. The van der Waals surface area contributed by atoms with Crippen molar-refractivity contribution in [2.45, 2.75) is 9.92 Å². The summed E-state index contributed by atoms with van der Waals surface area (Å²) in [5.41, 5.74) is 0.619. The molecular weight excluding hydrogens is 258 g/mol. The maximum atomic E-state index is 6.08. The number of tetrazole rings is 1. The van der Waals surface area contributed by atoms with E-state index in [0.29, 0.717) is 10.7 Å². The van der Waals surface area contributed by atoms with E-state index in [2.05, 4.69) is 20.6 Å². The second-order valence-electron chi connectivity index (χ2n) is 3.23. The van der Waals surface area contributed by atoms with Gasteiger partial charge in [0.2, 0.25) is 0 Å². The molecule has 1 aromatic carbocycles. The lowest BCUT2D eigenvalue weighted by Crippen LogP contribution is -1.95. The molecule has 0 spiro atoms. The molecule has 2 heterocycles. The van der Waals surface area contributed by atoms with E-state index in [0.717, 1.165) is 9.92 Å². The molecule has 7 heteroatoms.